The molecule has 0 aromatic heterocycles. The fourth-order valence-corrected chi connectivity index (χ4v) is 1.90. The summed E-state index contributed by atoms with van der Waals surface area (Å²) in [7, 11) is 0.824. The normalized spacial score (nSPS) is 13.0. The van der Waals surface area contributed by atoms with Crippen molar-refractivity contribution in [2.75, 3.05) is 20.4 Å². The molecular weight excluding hydrogens is 254 g/mol. The Hall–Kier alpha value is -0.653. The van der Waals surface area contributed by atoms with Crippen molar-refractivity contribution in [2.24, 2.45) is 10.4 Å². The number of nitrogens with one attached hydrogen (secondary N) is 1. The lowest BCUT2D eigenvalue weighted by Crippen LogP contribution is -2.36. The van der Waals surface area contributed by atoms with Crippen LogP contribution in [0.2, 0.25) is 25.7 Å². The molecule has 0 aliphatic carbocycles. The molecule has 0 spiro atoms. The third-order valence-electron chi connectivity index (χ3n) is 2.40. The first kappa shape index (κ1) is 18.3. The maximum atomic E-state index is 5.68. The number of hydrogen-bond acceptors (Lipinski definition) is 4. The van der Waals surface area contributed by atoms with Gasteiger partial charge in [0.2, 0.25) is 0 Å². The van der Waals surface area contributed by atoms with Crippen LogP contribution in [0.3, 0.4) is 0 Å². The summed E-state index contributed by atoms with van der Waals surface area (Å²) < 4.78 is 5.68. The Bertz CT molecular complexity index is 303. The first-order chi connectivity index (χ1) is 8.55. The molecule has 4 nitrogen and oxygen atoms in total. The van der Waals surface area contributed by atoms with Crippen LogP contribution in [0.1, 0.15) is 20.8 Å². The SMILES string of the molecule is C=C(N=CC(C)(C)C)N(COCC[Si](C)(C)C)NC. The molecule has 0 bridgehead atoms. The second-order valence-corrected chi connectivity index (χ2v) is 12.7. The van der Waals surface area contributed by atoms with Crippen molar-refractivity contribution in [2.45, 2.75) is 46.5 Å². The minimum atomic E-state index is -1.02. The number of rotatable bonds is 8. The average Bonchev–Trinajstić information content (AvgIpc) is 2.23. The molecule has 0 atom stereocenters. The van der Waals surface area contributed by atoms with Gasteiger partial charge in [-0.05, 0) is 11.5 Å². The molecule has 0 fully saturated rings. The molecule has 0 saturated carbocycles. The Kier molecular flexibility index (Phi) is 7.55. The zero-order chi connectivity index (χ0) is 15.1. The molecule has 0 saturated heterocycles. The van der Waals surface area contributed by atoms with Gasteiger partial charge >= 0.3 is 0 Å². The van der Waals surface area contributed by atoms with Crippen LogP contribution in [-0.4, -0.2) is 39.7 Å². The van der Waals surface area contributed by atoms with Crippen molar-refractivity contribution in [1.82, 2.24) is 10.4 Å². The fraction of sp³-hybridized carbons (Fsp3) is 0.786. The van der Waals surface area contributed by atoms with E-state index in [-0.39, 0.29) is 5.41 Å². The van der Waals surface area contributed by atoms with Crippen LogP contribution in [0.4, 0.5) is 0 Å². The van der Waals surface area contributed by atoms with Crippen LogP contribution in [0.5, 0.6) is 0 Å². The maximum absolute atomic E-state index is 5.68. The van der Waals surface area contributed by atoms with Gasteiger partial charge in [-0.3, -0.25) is 5.01 Å². The number of hydrazine groups is 1. The minimum absolute atomic E-state index is 0.0566. The second-order valence-electron chi connectivity index (χ2n) is 7.04. The monoisotopic (exact) mass is 285 g/mol. The van der Waals surface area contributed by atoms with Gasteiger partial charge in [0.05, 0.1) is 0 Å². The average molecular weight is 286 g/mol. The molecule has 0 aliphatic heterocycles. The number of hydrogen-bond donors (Lipinski definition) is 1. The summed E-state index contributed by atoms with van der Waals surface area (Å²) in [6.45, 7) is 18.6. The molecule has 19 heavy (non-hydrogen) atoms. The Balaban J connectivity index is 4.14. The summed E-state index contributed by atoms with van der Waals surface area (Å²) in [6, 6.07) is 1.17. The molecule has 5 heteroatoms. The van der Waals surface area contributed by atoms with Crippen molar-refractivity contribution in [3.63, 3.8) is 0 Å². The third-order valence-corrected chi connectivity index (χ3v) is 4.10. The van der Waals surface area contributed by atoms with E-state index >= 15 is 0 Å². The fourth-order valence-electron chi connectivity index (χ4n) is 1.14. The van der Waals surface area contributed by atoms with Gasteiger partial charge in [-0.25, -0.2) is 10.4 Å². The van der Waals surface area contributed by atoms with Crippen molar-refractivity contribution >= 4 is 14.3 Å². The summed E-state index contributed by atoms with van der Waals surface area (Å²) >= 11 is 0. The minimum Gasteiger partial charge on any atom is -0.360 e. The molecule has 1 N–H and O–H groups in total. The number of ether oxygens (including phenoxy) is 1. The molecule has 0 aliphatic rings. The van der Waals surface area contributed by atoms with Crippen LogP contribution >= 0.6 is 0 Å². The van der Waals surface area contributed by atoms with E-state index in [2.05, 4.69) is 57.4 Å². The van der Waals surface area contributed by atoms with Gasteiger partial charge in [-0.1, -0.05) is 47.0 Å². The van der Waals surface area contributed by atoms with E-state index in [1.54, 1.807) is 0 Å². The Morgan fingerprint density at radius 1 is 1.37 bits per heavy atom. The van der Waals surface area contributed by atoms with E-state index in [1.165, 1.54) is 6.04 Å². The van der Waals surface area contributed by atoms with Gasteiger partial charge in [0.1, 0.15) is 12.6 Å². The zero-order valence-corrected chi connectivity index (χ0v) is 14.7. The lowest BCUT2D eigenvalue weighted by Gasteiger charge is -2.24. The molecule has 0 rings (SSSR count). The summed E-state index contributed by atoms with van der Waals surface area (Å²) in [6.07, 6.45) is 1.90. The molecular formula is C14H31N3OSi. The van der Waals surface area contributed by atoms with Crippen LogP contribution < -0.4 is 5.43 Å². The molecule has 0 amide bonds. The van der Waals surface area contributed by atoms with E-state index < -0.39 is 8.07 Å². The van der Waals surface area contributed by atoms with Crippen LogP contribution in [-0.2, 0) is 4.74 Å². The molecule has 0 heterocycles. The quantitative estimate of drug-likeness (QED) is 0.244. The van der Waals surface area contributed by atoms with E-state index in [1.807, 2.05) is 18.3 Å². The van der Waals surface area contributed by atoms with Crippen LogP contribution in [0.15, 0.2) is 17.4 Å². The molecule has 112 valence electrons. The maximum Gasteiger partial charge on any atom is 0.137 e. The highest BCUT2D eigenvalue weighted by Gasteiger charge is 2.13. The molecule has 0 radical (unpaired) electrons. The highest BCUT2D eigenvalue weighted by atomic mass is 28.3. The number of nitrogens with zero attached hydrogens (tertiary/aromatic N) is 2. The predicted molar refractivity (Wildman–Crippen MR) is 87.0 cm³/mol. The van der Waals surface area contributed by atoms with Gasteiger partial charge in [0, 0.05) is 27.9 Å². The van der Waals surface area contributed by atoms with E-state index in [0.717, 1.165) is 6.61 Å². The van der Waals surface area contributed by atoms with Gasteiger partial charge in [0.25, 0.3) is 0 Å². The topological polar surface area (TPSA) is 36.9 Å². The van der Waals surface area contributed by atoms with E-state index in [9.17, 15) is 0 Å². The molecule has 0 aromatic carbocycles. The lowest BCUT2D eigenvalue weighted by molar-refractivity contribution is 0.0322. The first-order valence-corrected chi connectivity index (χ1v) is 10.5. The second kappa shape index (κ2) is 7.82. The lowest BCUT2D eigenvalue weighted by atomic mass is 9.99. The molecule has 0 unspecified atom stereocenters. The van der Waals surface area contributed by atoms with E-state index in [0.29, 0.717) is 12.6 Å². The van der Waals surface area contributed by atoms with Gasteiger partial charge in [0.15, 0.2) is 0 Å². The predicted octanol–water partition coefficient (Wildman–Crippen LogP) is 3.32. The highest BCUT2D eigenvalue weighted by molar-refractivity contribution is 6.76. The summed E-state index contributed by atoms with van der Waals surface area (Å²) in [5.74, 6) is 0.672. The smallest absolute Gasteiger partial charge is 0.137 e. The third kappa shape index (κ3) is 10.9. The summed E-state index contributed by atoms with van der Waals surface area (Å²) in [5.41, 5.74) is 3.10. The van der Waals surface area contributed by atoms with Crippen molar-refractivity contribution < 1.29 is 4.74 Å². The van der Waals surface area contributed by atoms with E-state index in [4.69, 9.17) is 4.74 Å². The molecule has 0 aromatic rings. The van der Waals surface area contributed by atoms with Crippen LogP contribution in [0.25, 0.3) is 0 Å². The standard InChI is InChI=1S/C14H31N3OSi/c1-13(16-11-14(2,3)4)17(15-5)12-18-9-10-19(6,7)8/h11,15H,1,9-10,12H2,2-8H3. The van der Waals surface area contributed by atoms with Crippen molar-refractivity contribution in [3.8, 4) is 0 Å². The Morgan fingerprint density at radius 2 is 1.95 bits per heavy atom. The van der Waals surface area contributed by atoms with Crippen molar-refractivity contribution in [1.29, 1.82) is 0 Å². The van der Waals surface area contributed by atoms with Gasteiger partial charge in [-0.15, -0.1) is 0 Å². The highest BCUT2D eigenvalue weighted by Crippen LogP contribution is 2.11. The number of aliphatic imine (C=N–C) groups is 1. The first-order valence-electron chi connectivity index (χ1n) is 6.82. The van der Waals surface area contributed by atoms with Crippen LogP contribution in [0, 0.1) is 5.41 Å². The summed E-state index contributed by atoms with van der Waals surface area (Å²) in [5, 5.41) is 1.81. The van der Waals surface area contributed by atoms with Crippen molar-refractivity contribution in [3.05, 3.63) is 12.4 Å². The zero-order valence-electron chi connectivity index (χ0n) is 13.7. The van der Waals surface area contributed by atoms with Gasteiger partial charge in [-0.2, -0.15) is 0 Å². The summed E-state index contributed by atoms with van der Waals surface area (Å²) in [4.78, 5) is 4.37. The Labute approximate surface area is 119 Å². The van der Waals surface area contributed by atoms with Gasteiger partial charge < -0.3 is 4.74 Å². The largest absolute Gasteiger partial charge is 0.360 e. The Morgan fingerprint density at radius 3 is 2.37 bits per heavy atom.